The van der Waals surface area contributed by atoms with Gasteiger partial charge < -0.3 is 25.0 Å². The van der Waals surface area contributed by atoms with Crippen molar-refractivity contribution in [2.75, 3.05) is 56.0 Å². The Hall–Kier alpha value is -2.65. The summed E-state index contributed by atoms with van der Waals surface area (Å²) in [5, 5.41) is 6.00. The molecule has 10 heteroatoms. The highest BCUT2D eigenvalue weighted by atomic mass is 35.5. The highest BCUT2D eigenvalue weighted by Gasteiger charge is 2.20. The van der Waals surface area contributed by atoms with Crippen molar-refractivity contribution in [2.24, 2.45) is 0 Å². The van der Waals surface area contributed by atoms with Crippen molar-refractivity contribution >= 4 is 40.7 Å². The minimum Gasteiger partial charge on any atom is -0.464 e. The van der Waals surface area contributed by atoms with Gasteiger partial charge in [-0.25, -0.2) is 19.7 Å². The molecule has 3 rings (SSSR count). The molecule has 2 N–H and O–H groups in total. The first-order valence-corrected chi connectivity index (χ1v) is 8.81. The van der Waals surface area contributed by atoms with Crippen molar-refractivity contribution in [3.8, 4) is 0 Å². The van der Waals surface area contributed by atoms with Crippen LogP contribution in [0.4, 0.5) is 23.1 Å². The van der Waals surface area contributed by atoms with Crippen LogP contribution >= 0.6 is 11.6 Å². The molecular weight excluding hydrogens is 372 g/mol. The van der Waals surface area contributed by atoms with Crippen molar-refractivity contribution in [1.82, 2.24) is 15.0 Å². The van der Waals surface area contributed by atoms with E-state index in [1.54, 1.807) is 13.2 Å². The molecule has 2 aromatic rings. The second-order valence-electron chi connectivity index (χ2n) is 5.89. The number of anilines is 4. The van der Waals surface area contributed by atoms with Crippen molar-refractivity contribution in [2.45, 2.75) is 6.92 Å². The van der Waals surface area contributed by atoms with E-state index in [2.05, 4.69) is 30.5 Å². The fraction of sp³-hybridized carbons (Fsp3) is 0.412. The number of pyridine rings is 1. The number of aryl methyl sites for hydroxylation is 1. The van der Waals surface area contributed by atoms with Crippen LogP contribution < -0.4 is 15.5 Å². The molecule has 2 aromatic heterocycles. The van der Waals surface area contributed by atoms with E-state index in [4.69, 9.17) is 21.1 Å². The van der Waals surface area contributed by atoms with Gasteiger partial charge in [0.15, 0.2) is 22.5 Å². The Bertz CT molecular complexity index is 842. The average molecular weight is 393 g/mol. The molecule has 144 valence electrons. The predicted octanol–water partition coefficient (Wildman–Crippen LogP) is 2.24. The lowest BCUT2D eigenvalue weighted by Crippen LogP contribution is -2.37. The molecule has 1 aliphatic heterocycles. The van der Waals surface area contributed by atoms with Gasteiger partial charge in [0, 0.05) is 20.1 Å². The van der Waals surface area contributed by atoms with Crippen molar-refractivity contribution < 1.29 is 14.3 Å². The second kappa shape index (κ2) is 8.36. The number of nitrogens with zero attached hydrogens (tertiary/aromatic N) is 4. The lowest BCUT2D eigenvalue weighted by Gasteiger charge is -2.29. The first-order valence-electron chi connectivity index (χ1n) is 8.43. The minimum atomic E-state index is -0.635. The molecule has 0 amide bonds. The van der Waals surface area contributed by atoms with E-state index in [1.807, 2.05) is 13.0 Å². The molecule has 1 aliphatic rings. The zero-order chi connectivity index (χ0) is 19.4. The van der Waals surface area contributed by atoms with E-state index < -0.39 is 5.97 Å². The number of morpholine rings is 1. The third kappa shape index (κ3) is 4.20. The van der Waals surface area contributed by atoms with E-state index in [-0.39, 0.29) is 16.7 Å². The van der Waals surface area contributed by atoms with Gasteiger partial charge in [-0.15, -0.1) is 0 Å². The van der Waals surface area contributed by atoms with Gasteiger partial charge in [0.05, 0.1) is 32.2 Å². The van der Waals surface area contributed by atoms with Crippen LogP contribution in [0, 0.1) is 6.92 Å². The number of carbonyl (C=O) groups is 1. The quantitative estimate of drug-likeness (QED) is 0.741. The molecular formula is C17H21ClN6O3. The smallest absolute Gasteiger partial charge is 0.360 e. The minimum absolute atomic E-state index is 0.00333. The SMILES string of the molecule is CNc1nc(Nc2cnc(N3CCOCC3)c(C)c2)c(C(=O)OC)nc1Cl. The first-order chi connectivity index (χ1) is 13.0. The predicted molar refractivity (Wildman–Crippen MR) is 103 cm³/mol. The van der Waals surface area contributed by atoms with Gasteiger partial charge in [-0.2, -0.15) is 0 Å². The normalized spacial score (nSPS) is 14.0. The highest BCUT2D eigenvalue weighted by Crippen LogP contribution is 2.27. The molecule has 0 unspecified atom stereocenters. The van der Waals surface area contributed by atoms with Gasteiger partial charge in [0.25, 0.3) is 0 Å². The molecule has 0 aromatic carbocycles. The van der Waals surface area contributed by atoms with E-state index >= 15 is 0 Å². The van der Waals surface area contributed by atoms with E-state index in [0.29, 0.717) is 24.7 Å². The van der Waals surface area contributed by atoms with E-state index in [0.717, 1.165) is 24.5 Å². The Morgan fingerprint density at radius 1 is 1.30 bits per heavy atom. The van der Waals surface area contributed by atoms with Crippen LogP contribution in [0.1, 0.15) is 16.1 Å². The van der Waals surface area contributed by atoms with Crippen LogP contribution in [0.15, 0.2) is 12.3 Å². The number of nitrogens with one attached hydrogen (secondary N) is 2. The summed E-state index contributed by atoms with van der Waals surface area (Å²) in [7, 11) is 2.94. The molecule has 0 atom stereocenters. The summed E-state index contributed by atoms with van der Waals surface area (Å²) in [6.45, 7) is 4.98. The van der Waals surface area contributed by atoms with E-state index in [9.17, 15) is 4.79 Å². The Labute approximate surface area is 162 Å². The number of rotatable bonds is 5. The molecule has 0 saturated carbocycles. The summed E-state index contributed by atoms with van der Waals surface area (Å²) in [5.74, 6) is 0.858. The van der Waals surface area contributed by atoms with Crippen LogP contribution in [0.3, 0.4) is 0 Å². The van der Waals surface area contributed by atoms with Gasteiger partial charge >= 0.3 is 5.97 Å². The molecule has 0 aliphatic carbocycles. The summed E-state index contributed by atoms with van der Waals surface area (Å²) in [6.07, 6.45) is 1.69. The van der Waals surface area contributed by atoms with E-state index in [1.165, 1.54) is 7.11 Å². The number of carbonyl (C=O) groups excluding carboxylic acids is 1. The molecule has 0 bridgehead atoms. The molecule has 3 heterocycles. The Kier molecular flexibility index (Phi) is 5.92. The number of ether oxygens (including phenoxy) is 2. The van der Waals surface area contributed by atoms with Crippen molar-refractivity contribution in [3.05, 3.63) is 28.7 Å². The van der Waals surface area contributed by atoms with Gasteiger partial charge in [-0.1, -0.05) is 11.6 Å². The monoisotopic (exact) mass is 392 g/mol. The number of aromatic nitrogens is 3. The van der Waals surface area contributed by atoms with Crippen LogP contribution in [-0.4, -0.2) is 61.4 Å². The van der Waals surface area contributed by atoms with Gasteiger partial charge in [-0.3, -0.25) is 0 Å². The maximum absolute atomic E-state index is 12.0. The van der Waals surface area contributed by atoms with Gasteiger partial charge in [-0.05, 0) is 18.6 Å². The molecule has 1 saturated heterocycles. The van der Waals surface area contributed by atoms with Crippen LogP contribution in [0.2, 0.25) is 5.15 Å². The standard InChI is InChI=1S/C17H21ClN6O3/c1-10-8-11(9-20-16(10)24-4-6-27-7-5-24)21-14-12(17(25)26-3)22-13(18)15(19-2)23-14/h8-9H,4-7H2,1-3H3,(H2,19,21,23). The molecule has 0 spiro atoms. The van der Waals surface area contributed by atoms with Crippen molar-refractivity contribution in [3.63, 3.8) is 0 Å². The first kappa shape index (κ1) is 19.1. The topological polar surface area (TPSA) is 102 Å². The number of methoxy groups -OCH3 is 1. The van der Waals surface area contributed by atoms with Crippen LogP contribution in [0.25, 0.3) is 0 Å². The zero-order valence-electron chi connectivity index (χ0n) is 15.4. The number of hydrogen-bond donors (Lipinski definition) is 2. The summed E-state index contributed by atoms with van der Waals surface area (Å²) >= 11 is 6.04. The third-order valence-electron chi connectivity index (χ3n) is 4.09. The largest absolute Gasteiger partial charge is 0.464 e. The maximum Gasteiger partial charge on any atom is 0.360 e. The maximum atomic E-state index is 12.0. The Morgan fingerprint density at radius 2 is 2.04 bits per heavy atom. The fourth-order valence-corrected chi connectivity index (χ4v) is 3.00. The number of esters is 1. The van der Waals surface area contributed by atoms with Crippen molar-refractivity contribution in [1.29, 1.82) is 0 Å². The molecule has 0 radical (unpaired) electrons. The number of hydrogen-bond acceptors (Lipinski definition) is 9. The Morgan fingerprint density at radius 3 is 2.67 bits per heavy atom. The zero-order valence-corrected chi connectivity index (χ0v) is 16.1. The van der Waals surface area contributed by atoms with Gasteiger partial charge in [0.2, 0.25) is 0 Å². The number of halogens is 1. The van der Waals surface area contributed by atoms with Crippen LogP contribution in [-0.2, 0) is 9.47 Å². The second-order valence-corrected chi connectivity index (χ2v) is 6.25. The highest BCUT2D eigenvalue weighted by molar-refractivity contribution is 6.32. The summed E-state index contributed by atoms with van der Waals surface area (Å²) in [5.41, 5.74) is 1.67. The average Bonchev–Trinajstić information content (AvgIpc) is 2.69. The summed E-state index contributed by atoms with van der Waals surface area (Å²) in [4.78, 5) is 27.2. The third-order valence-corrected chi connectivity index (χ3v) is 4.36. The van der Waals surface area contributed by atoms with Gasteiger partial charge in [0.1, 0.15) is 5.82 Å². The fourth-order valence-electron chi connectivity index (χ4n) is 2.78. The van der Waals surface area contributed by atoms with Crippen LogP contribution in [0.5, 0.6) is 0 Å². The Balaban J connectivity index is 1.90. The molecule has 1 fully saturated rings. The molecule has 27 heavy (non-hydrogen) atoms. The summed E-state index contributed by atoms with van der Waals surface area (Å²) < 4.78 is 10.2. The molecule has 9 nitrogen and oxygen atoms in total. The lowest BCUT2D eigenvalue weighted by atomic mass is 10.2. The lowest BCUT2D eigenvalue weighted by molar-refractivity contribution is 0.0595. The summed E-state index contributed by atoms with van der Waals surface area (Å²) in [6, 6.07) is 1.94.